The average Bonchev–Trinajstić information content (AvgIpc) is 1.88. The van der Waals surface area contributed by atoms with Gasteiger partial charge in [0.25, 0.3) is 0 Å². The zero-order chi connectivity index (χ0) is 7.40. The van der Waals surface area contributed by atoms with Crippen molar-refractivity contribution in [2.24, 2.45) is 0 Å². The molecule has 0 amide bonds. The van der Waals surface area contributed by atoms with E-state index in [0.29, 0.717) is 5.56 Å². The summed E-state index contributed by atoms with van der Waals surface area (Å²) >= 11 is 0. The van der Waals surface area contributed by atoms with Gasteiger partial charge in [-0.05, 0) is 6.07 Å². The maximum absolute atomic E-state index is 9.95. The van der Waals surface area contributed by atoms with Gasteiger partial charge in [0, 0.05) is 10.5 Å². The van der Waals surface area contributed by atoms with E-state index in [4.69, 9.17) is 0 Å². The fourth-order valence-corrected chi connectivity index (χ4v) is 0.668. The molecule has 0 spiro atoms. The predicted octanol–water partition coefficient (Wildman–Crippen LogP) is 1.26. The van der Waals surface area contributed by atoms with E-state index in [0.717, 1.165) is 0 Å². The Hall–Kier alpha value is -1.38. The van der Waals surface area contributed by atoms with Crippen LogP contribution in [-0.2, 0) is 6.54 Å². The predicted molar refractivity (Wildman–Crippen MR) is 36.0 cm³/mol. The van der Waals surface area contributed by atoms with Gasteiger partial charge in [-0.2, -0.15) is 0 Å². The Bertz CT molecular complexity index is 220. The highest BCUT2D eigenvalue weighted by atomic mass is 16.6. The van der Waals surface area contributed by atoms with Crippen molar-refractivity contribution >= 4 is 0 Å². The summed E-state index contributed by atoms with van der Waals surface area (Å²) in [7, 11) is 0. The molecule has 3 nitrogen and oxygen atoms in total. The minimum Gasteiger partial charge on any atom is -0.264 e. The number of hydrogen-bond donors (Lipinski definition) is 0. The molecule has 0 aromatic heterocycles. The highest BCUT2D eigenvalue weighted by Gasteiger charge is 1.97. The van der Waals surface area contributed by atoms with Gasteiger partial charge in [0.15, 0.2) is 0 Å². The highest BCUT2D eigenvalue weighted by Crippen LogP contribution is 1.97. The Labute approximate surface area is 58.4 Å². The first-order chi connectivity index (χ1) is 4.79. The van der Waals surface area contributed by atoms with Gasteiger partial charge in [-0.1, -0.05) is 24.3 Å². The molecule has 1 rings (SSSR count). The first-order valence-electron chi connectivity index (χ1n) is 2.86. The summed E-state index contributed by atoms with van der Waals surface area (Å²) in [5.41, 5.74) is 0.618. The summed E-state index contributed by atoms with van der Waals surface area (Å²) < 4.78 is 0. The molecule has 0 unspecified atom stereocenters. The van der Waals surface area contributed by atoms with Gasteiger partial charge in [0.2, 0.25) is 6.54 Å². The Morgan fingerprint density at radius 2 is 2.40 bits per heavy atom. The van der Waals surface area contributed by atoms with Crippen molar-refractivity contribution in [3.8, 4) is 0 Å². The van der Waals surface area contributed by atoms with Crippen LogP contribution in [0.2, 0.25) is 0 Å². The third-order valence-corrected chi connectivity index (χ3v) is 1.07. The van der Waals surface area contributed by atoms with Crippen LogP contribution in [0.3, 0.4) is 0 Å². The van der Waals surface area contributed by atoms with E-state index in [9.17, 15) is 10.1 Å². The molecule has 0 saturated carbocycles. The first-order valence-corrected chi connectivity index (χ1v) is 2.86. The van der Waals surface area contributed by atoms with Crippen LogP contribution in [0.4, 0.5) is 0 Å². The smallest absolute Gasteiger partial charge is 0.229 e. The molecule has 0 fully saturated rings. The third-order valence-electron chi connectivity index (χ3n) is 1.07. The Morgan fingerprint density at radius 1 is 1.60 bits per heavy atom. The van der Waals surface area contributed by atoms with E-state index in [2.05, 4.69) is 6.07 Å². The molecule has 51 valence electrons. The van der Waals surface area contributed by atoms with Gasteiger partial charge in [-0.15, -0.1) is 0 Å². The van der Waals surface area contributed by atoms with Crippen LogP contribution in [0, 0.1) is 16.2 Å². The molecule has 10 heavy (non-hydrogen) atoms. The molecule has 0 N–H and O–H groups in total. The molecule has 3 heteroatoms. The van der Waals surface area contributed by atoms with E-state index >= 15 is 0 Å². The molecule has 1 radical (unpaired) electrons. The van der Waals surface area contributed by atoms with Gasteiger partial charge in [-0.25, -0.2) is 0 Å². The summed E-state index contributed by atoms with van der Waals surface area (Å²) in [5, 5.41) is 9.95. The van der Waals surface area contributed by atoms with Crippen LogP contribution in [0.5, 0.6) is 0 Å². The van der Waals surface area contributed by atoms with Gasteiger partial charge >= 0.3 is 0 Å². The van der Waals surface area contributed by atoms with Gasteiger partial charge in [-0.3, -0.25) is 10.1 Å². The van der Waals surface area contributed by atoms with Crippen molar-refractivity contribution in [1.29, 1.82) is 0 Å². The number of nitro groups is 1. The van der Waals surface area contributed by atoms with E-state index in [-0.39, 0.29) is 11.5 Å². The molecule has 0 heterocycles. The molecule has 0 aliphatic carbocycles. The van der Waals surface area contributed by atoms with Gasteiger partial charge in [0.05, 0.1) is 0 Å². The molecule has 0 saturated heterocycles. The SMILES string of the molecule is O=[N+]([O-])Cc1[c]cccc1. The molecule has 0 atom stereocenters. The van der Waals surface area contributed by atoms with E-state index in [1.807, 2.05) is 0 Å². The average molecular weight is 136 g/mol. The summed E-state index contributed by atoms with van der Waals surface area (Å²) in [6, 6.07) is 9.65. The van der Waals surface area contributed by atoms with Gasteiger partial charge in [0.1, 0.15) is 0 Å². The molecule has 1 aromatic rings. The van der Waals surface area contributed by atoms with E-state index < -0.39 is 0 Å². The van der Waals surface area contributed by atoms with Crippen molar-refractivity contribution in [3.63, 3.8) is 0 Å². The third kappa shape index (κ3) is 1.85. The molecule has 0 aliphatic heterocycles. The zero-order valence-electron chi connectivity index (χ0n) is 5.28. The van der Waals surface area contributed by atoms with Crippen LogP contribution in [0.25, 0.3) is 0 Å². The maximum Gasteiger partial charge on any atom is 0.229 e. The normalized spacial score (nSPS) is 9.20. The van der Waals surface area contributed by atoms with Crippen LogP contribution in [0.1, 0.15) is 5.56 Å². The second kappa shape index (κ2) is 2.96. The summed E-state index contributed by atoms with van der Waals surface area (Å²) in [6.07, 6.45) is 0. The largest absolute Gasteiger partial charge is 0.264 e. The minimum atomic E-state index is -0.369. The minimum absolute atomic E-state index is 0.138. The molecule has 0 aliphatic rings. The lowest BCUT2D eigenvalue weighted by Crippen LogP contribution is -1.97. The van der Waals surface area contributed by atoms with Crippen LogP contribution < -0.4 is 0 Å². The molecule has 1 aromatic carbocycles. The van der Waals surface area contributed by atoms with Gasteiger partial charge < -0.3 is 0 Å². The number of nitrogens with zero attached hydrogens (tertiary/aromatic N) is 1. The van der Waals surface area contributed by atoms with Crippen molar-refractivity contribution in [2.45, 2.75) is 6.54 Å². The second-order valence-corrected chi connectivity index (χ2v) is 1.88. The zero-order valence-corrected chi connectivity index (χ0v) is 5.28. The first kappa shape index (κ1) is 6.74. The number of benzene rings is 1. The topological polar surface area (TPSA) is 43.1 Å². The molecular formula is C7H6NO2. The Kier molecular flexibility index (Phi) is 1.99. The lowest BCUT2D eigenvalue weighted by molar-refractivity contribution is -0.496. The maximum atomic E-state index is 9.95. The van der Waals surface area contributed by atoms with Crippen molar-refractivity contribution in [2.75, 3.05) is 0 Å². The van der Waals surface area contributed by atoms with Crippen LogP contribution in [0.15, 0.2) is 24.3 Å². The fourth-order valence-electron chi connectivity index (χ4n) is 0.668. The molecule has 0 bridgehead atoms. The van der Waals surface area contributed by atoms with Crippen LogP contribution in [-0.4, -0.2) is 4.92 Å². The second-order valence-electron chi connectivity index (χ2n) is 1.88. The highest BCUT2D eigenvalue weighted by molar-refractivity contribution is 5.11. The van der Waals surface area contributed by atoms with E-state index in [1.54, 1.807) is 24.3 Å². The molecular weight excluding hydrogens is 130 g/mol. The summed E-state index contributed by atoms with van der Waals surface area (Å²) in [6.45, 7) is -0.138. The van der Waals surface area contributed by atoms with Crippen molar-refractivity contribution in [3.05, 3.63) is 46.0 Å². The lowest BCUT2D eigenvalue weighted by atomic mass is 10.2. The lowest BCUT2D eigenvalue weighted by Gasteiger charge is -1.90. The van der Waals surface area contributed by atoms with E-state index in [1.165, 1.54) is 0 Å². The van der Waals surface area contributed by atoms with Crippen molar-refractivity contribution < 1.29 is 4.92 Å². The van der Waals surface area contributed by atoms with Crippen molar-refractivity contribution in [1.82, 2.24) is 0 Å². The summed E-state index contributed by atoms with van der Waals surface area (Å²) in [4.78, 5) is 9.59. The monoisotopic (exact) mass is 136 g/mol. The number of hydrogen-bond acceptors (Lipinski definition) is 2. The summed E-state index contributed by atoms with van der Waals surface area (Å²) in [5.74, 6) is 0. The van der Waals surface area contributed by atoms with Crippen LogP contribution >= 0.6 is 0 Å². The Morgan fingerprint density at radius 3 is 2.90 bits per heavy atom. The quantitative estimate of drug-likeness (QED) is 0.453. The standard InChI is InChI=1S/C7H6NO2/c9-8(10)6-7-4-2-1-3-5-7/h1-4H,6H2. The Balaban J connectivity index is 2.67. The number of rotatable bonds is 2. The fraction of sp³-hybridized carbons (Fsp3) is 0.143.